The molecule has 1 rings (SSSR count). The maximum atomic E-state index is 5.95. The second kappa shape index (κ2) is 6.19. The van der Waals surface area contributed by atoms with E-state index in [4.69, 9.17) is 4.74 Å². The Labute approximate surface area is 108 Å². The lowest BCUT2D eigenvalue weighted by molar-refractivity contribution is 0.00320. The first-order chi connectivity index (χ1) is 7.79. The van der Waals surface area contributed by atoms with Crippen LogP contribution in [0.25, 0.3) is 0 Å². The second-order valence-corrected chi connectivity index (χ2v) is 7.26. The first kappa shape index (κ1) is 15.0. The van der Waals surface area contributed by atoms with Crippen LogP contribution in [0, 0.1) is 5.41 Å². The first-order valence-electron chi connectivity index (χ1n) is 7.15. The van der Waals surface area contributed by atoms with Crippen molar-refractivity contribution in [2.24, 2.45) is 5.41 Å². The Morgan fingerprint density at radius 2 is 1.76 bits per heavy atom. The molecule has 17 heavy (non-hydrogen) atoms. The van der Waals surface area contributed by atoms with E-state index in [9.17, 15) is 0 Å². The molecule has 0 amide bonds. The molecule has 0 heterocycles. The van der Waals surface area contributed by atoms with Crippen molar-refractivity contribution in [1.82, 2.24) is 5.32 Å². The Morgan fingerprint density at radius 3 is 2.29 bits per heavy atom. The third-order valence-electron chi connectivity index (χ3n) is 3.62. The molecule has 0 aromatic heterocycles. The van der Waals surface area contributed by atoms with Crippen LogP contribution in [-0.4, -0.2) is 24.8 Å². The molecule has 1 N–H and O–H groups in total. The molecule has 1 fully saturated rings. The van der Waals surface area contributed by atoms with Gasteiger partial charge in [0.25, 0.3) is 0 Å². The molecular weight excluding hydrogens is 210 g/mol. The summed E-state index contributed by atoms with van der Waals surface area (Å²) in [4.78, 5) is 0. The Bertz CT molecular complexity index is 207. The molecule has 0 bridgehead atoms. The number of hydrogen-bond acceptors (Lipinski definition) is 2. The van der Waals surface area contributed by atoms with E-state index in [2.05, 4.69) is 39.9 Å². The molecule has 1 aliphatic rings. The van der Waals surface area contributed by atoms with Gasteiger partial charge in [0, 0.05) is 12.1 Å². The van der Waals surface area contributed by atoms with Gasteiger partial charge < -0.3 is 10.1 Å². The Balaban J connectivity index is 2.01. The number of nitrogens with one attached hydrogen (secondary N) is 1. The van der Waals surface area contributed by atoms with E-state index >= 15 is 0 Å². The Hall–Kier alpha value is -0.0800. The Kier molecular flexibility index (Phi) is 5.46. The molecule has 102 valence electrons. The predicted octanol–water partition coefficient (Wildman–Crippen LogP) is 3.75. The highest BCUT2D eigenvalue weighted by Crippen LogP contribution is 2.36. The zero-order valence-corrected chi connectivity index (χ0v) is 12.4. The van der Waals surface area contributed by atoms with Crippen molar-refractivity contribution >= 4 is 0 Å². The summed E-state index contributed by atoms with van der Waals surface area (Å²) in [5.74, 6) is 0. The van der Waals surface area contributed by atoms with Crippen molar-refractivity contribution in [3.63, 3.8) is 0 Å². The summed E-state index contributed by atoms with van der Waals surface area (Å²) in [7, 11) is 0. The summed E-state index contributed by atoms with van der Waals surface area (Å²) in [5.41, 5.74) is 0.780. The number of ether oxygens (including phenoxy) is 1. The average molecular weight is 241 g/mol. The van der Waals surface area contributed by atoms with Crippen molar-refractivity contribution in [2.75, 3.05) is 13.2 Å². The van der Waals surface area contributed by atoms with Gasteiger partial charge in [0.2, 0.25) is 0 Å². The third kappa shape index (κ3) is 7.05. The van der Waals surface area contributed by atoms with Crippen molar-refractivity contribution in [3.05, 3.63) is 0 Å². The quantitative estimate of drug-likeness (QED) is 0.740. The lowest BCUT2D eigenvalue weighted by Crippen LogP contribution is -2.37. The highest BCUT2D eigenvalue weighted by molar-refractivity contribution is 4.78. The van der Waals surface area contributed by atoms with Gasteiger partial charge in [-0.2, -0.15) is 0 Å². The molecule has 1 aliphatic carbocycles. The molecule has 0 atom stereocenters. The van der Waals surface area contributed by atoms with Gasteiger partial charge in [-0.25, -0.2) is 0 Å². The zero-order chi connectivity index (χ0) is 12.9. The van der Waals surface area contributed by atoms with Gasteiger partial charge >= 0.3 is 0 Å². The smallest absolute Gasteiger partial charge is 0.0575 e. The first-order valence-corrected chi connectivity index (χ1v) is 7.15. The van der Waals surface area contributed by atoms with Gasteiger partial charge in [0.1, 0.15) is 0 Å². The average Bonchev–Trinajstić information content (AvgIpc) is 2.18. The molecule has 0 saturated heterocycles. The Morgan fingerprint density at radius 1 is 1.18 bits per heavy atom. The van der Waals surface area contributed by atoms with E-state index in [1.807, 2.05) is 0 Å². The fourth-order valence-electron chi connectivity index (χ4n) is 2.33. The summed E-state index contributed by atoms with van der Waals surface area (Å²) < 4.78 is 5.95. The molecular formula is C15H31NO. The van der Waals surface area contributed by atoms with Crippen LogP contribution in [0.4, 0.5) is 0 Å². The van der Waals surface area contributed by atoms with E-state index in [-0.39, 0.29) is 5.54 Å². The standard InChI is InChI=1S/C15H31NO/c1-14(2,3)16-11-6-12-17-13-7-9-15(4,5)10-8-13/h13,16H,6-12H2,1-5H3. The van der Waals surface area contributed by atoms with Gasteiger partial charge in [0.15, 0.2) is 0 Å². The van der Waals surface area contributed by atoms with Crippen LogP contribution in [0.1, 0.15) is 66.7 Å². The summed E-state index contributed by atoms with van der Waals surface area (Å²) in [6.07, 6.45) is 6.78. The largest absolute Gasteiger partial charge is 0.378 e. The van der Waals surface area contributed by atoms with Crippen LogP contribution < -0.4 is 5.32 Å². The highest BCUT2D eigenvalue weighted by atomic mass is 16.5. The molecule has 0 unspecified atom stereocenters. The summed E-state index contributed by atoms with van der Waals surface area (Å²) >= 11 is 0. The van der Waals surface area contributed by atoms with Crippen LogP contribution in [0.2, 0.25) is 0 Å². The molecule has 0 radical (unpaired) electrons. The molecule has 2 nitrogen and oxygen atoms in total. The minimum Gasteiger partial charge on any atom is -0.378 e. The lowest BCUT2D eigenvalue weighted by atomic mass is 9.76. The molecule has 1 saturated carbocycles. The highest BCUT2D eigenvalue weighted by Gasteiger charge is 2.26. The van der Waals surface area contributed by atoms with Crippen LogP contribution in [-0.2, 0) is 4.74 Å². The minimum atomic E-state index is 0.231. The molecule has 2 heteroatoms. The van der Waals surface area contributed by atoms with Crippen LogP contribution in [0.3, 0.4) is 0 Å². The molecule has 0 spiro atoms. The van der Waals surface area contributed by atoms with Crippen LogP contribution in [0.5, 0.6) is 0 Å². The van der Waals surface area contributed by atoms with Gasteiger partial charge in [-0.05, 0) is 64.8 Å². The fourth-order valence-corrected chi connectivity index (χ4v) is 2.33. The number of rotatable bonds is 5. The predicted molar refractivity (Wildman–Crippen MR) is 74.4 cm³/mol. The monoisotopic (exact) mass is 241 g/mol. The van der Waals surface area contributed by atoms with Gasteiger partial charge in [-0.15, -0.1) is 0 Å². The van der Waals surface area contributed by atoms with E-state index in [0.717, 1.165) is 19.6 Å². The van der Waals surface area contributed by atoms with Crippen molar-refractivity contribution in [2.45, 2.75) is 78.4 Å². The summed E-state index contributed by atoms with van der Waals surface area (Å²) in [5, 5.41) is 3.49. The van der Waals surface area contributed by atoms with E-state index in [0.29, 0.717) is 11.5 Å². The van der Waals surface area contributed by atoms with Gasteiger partial charge in [-0.1, -0.05) is 13.8 Å². The van der Waals surface area contributed by atoms with E-state index in [1.165, 1.54) is 25.7 Å². The van der Waals surface area contributed by atoms with Crippen molar-refractivity contribution < 1.29 is 4.74 Å². The lowest BCUT2D eigenvalue weighted by Gasteiger charge is -2.34. The molecule has 0 aromatic carbocycles. The minimum absolute atomic E-state index is 0.231. The number of hydrogen-bond donors (Lipinski definition) is 1. The van der Waals surface area contributed by atoms with Gasteiger partial charge in [0.05, 0.1) is 6.10 Å². The van der Waals surface area contributed by atoms with Crippen molar-refractivity contribution in [3.8, 4) is 0 Å². The van der Waals surface area contributed by atoms with Crippen molar-refractivity contribution in [1.29, 1.82) is 0 Å². The van der Waals surface area contributed by atoms with E-state index in [1.54, 1.807) is 0 Å². The third-order valence-corrected chi connectivity index (χ3v) is 3.62. The molecule has 0 aliphatic heterocycles. The van der Waals surface area contributed by atoms with Crippen LogP contribution in [0.15, 0.2) is 0 Å². The topological polar surface area (TPSA) is 21.3 Å². The SMILES string of the molecule is CC1(C)CCC(OCCCNC(C)(C)C)CC1. The zero-order valence-electron chi connectivity index (χ0n) is 12.4. The maximum absolute atomic E-state index is 5.95. The normalized spacial score (nSPS) is 21.7. The van der Waals surface area contributed by atoms with Gasteiger partial charge in [-0.3, -0.25) is 0 Å². The second-order valence-electron chi connectivity index (χ2n) is 7.26. The molecule has 0 aromatic rings. The van der Waals surface area contributed by atoms with E-state index < -0.39 is 0 Å². The summed E-state index contributed by atoms with van der Waals surface area (Å²) in [6.45, 7) is 13.3. The maximum Gasteiger partial charge on any atom is 0.0575 e. The fraction of sp³-hybridized carbons (Fsp3) is 1.00. The summed E-state index contributed by atoms with van der Waals surface area (Å²) in [6, 6.07) is 0. The van der Waals surface area contributed by atoms with Crippen LogP contribution >= 0.6 is 0 Å².